The molecule has 0 aromatic carbocycles. The molecule has 0 saturated carbocycles. The molecular formula is C75H117NO13. The van der Waals surface area contributed by atoms with Gasteiger partial charge in [-0.1, -0.05) is 228 Å². The molecule has 0 bridgehead atoms. The highest BCUT2D eigenvalue weighted by Crippen LogP contribution is 2.30. The predicted molar refractivity (Wildman–Crippen MR) is 363 cm³/mol. The smallest absolute Gasteiger partial charge is 0.220 e. The van der Waals surface area contributed by atoms with Gasteiger partial charge in [0.25, 0.3) is 0 Å². The van der Waals surface area contributed by atoms with Gasteiger partial charge in [0.2, 0.25) is 5.91 Å². The quantitative estimate of drug-likeness (QED) is 0.0204. The summed E-state index contributed by atoms with van der Waals surface area (Å²) in [4.78, 5) is 13.3. The van der Waals surface area contributed by atoms with E-state index in [9.17, 15) is 45.6 Å². The number of amides is 1. The Morgan fingerprint density at radius 3 is 1.22 bits per heavy atom. The molecular weight excluding hydrogens is 1120 g/mol. The lowest BCUT2D eigenvalue weighted by atomic mass is 9.97. The molecule has 0 spiro atoms. The summed E-state index contributed by atoms with van der Waals surface area (Å²) in [7, 11) is 0. The zero-order valence-corrected chi connectivity index (χ0v) is 54.1. The molecule has 0 radical (unpaired) electrons. The Hall–Kier alpha value is -4.91. The minimum absolute atomic E-state index is 0.227. The summed E-state index contributed by atoms with van der Waals surface area (Å²) in [6, 6.07) is -0.965. The minimum Gasteiger partial charge on any atom is -0.394 e. The van der Waals surface area contributed by atoms with Gasteiger partial charge in [-0.2, -0.15) is 0 Å². The van der Waals surface area contributed by atoms with Gasteiger partial charge in [-0.15, -0.1) is 0 Å². The predicted octanol–water partition coefficient (Wildman–Crippen LogP) is 13.4. The monoisotopic (exact) mass is 1240 g/mol. The van der Waals surface area contributed by atoms with E-state index < -0.39 is 86.8 Å². The van der Waals surface area contributed by atoms with Crippen molar-refractivity contribution >= 4 is 5.91 Å². The fraction of sp³-hybridized carbons (Fsp3) is 0.587. The van der Waals surface area contributed by atoms with Crippen molar-refractivity contribution in [1.82, 2.24) is 5.32 Å². The van der Waals surface area contributed by atoms with E-state index >= 15 is 0 Å². The average molecular weight is 1240 g/mol. The molecule has 12 atom stereocenters. The van der Waals surface area contributed by atoms with E-state index in [4.69, 9.17) is 18.9 Å². The van der Waals surface area contributed by atoms with Crippen LogP contribution in [0.25, 0.3) is 0 Å². The van der Waals surface area contributed by atoms with Crippen molar-refractivity contribution in [3.63, 3.8) is 0 Å². The summed E-state index contributed by atoms with van der Waals surface area (Å²) >= 11 is 0. The molecule has 2 fully saturated rings. The van der Waals surface area contributed by atoms with Crippen LogP contribution >= 0.6 is 0 Å². The zero-order chi connectivity index (χ0) is 64.5. The van der Waals surface area contributed by atoms with Crippen molar-refractivity contribution in [3.8, 4) is 0 Å². The number of aliphatic hydroxyl groups is 8. The van der Waals surface area contributed by atoms with E-state index in [1.807, 2.05) is 6.08 Å². The molecule has 2 rings (SSSR count). The first-order chi connectivity index (χ1) is 43.6. The summed E-state index contributed by atoms with van der Waals surface area (Å²) in [5.41, 5.74) is 0. The number of rotatable bonds is 51. The molecule has 14 nitrogen and oxygen atoms in total. The van der Waals surface area contributed by atoms with Crippen LogP contribution in [-0.4, -0.2) is 140 Å². The zero-order valence-electron chi connectivity index (χ0n) is 54.1. The second kappa shape index (κ2) is 57.0. The largest absolute Gasteiger partial charge is 0.394 e. The molecule has 0 aromatic rings. The first-order valence-electron chi connectivity index (χ1n) is 33.5. The molecule has 500 valence electrons. The van der Waals surface area contributed by atoms with Crippen molar-refractivity contribution in [3.05, 3.63) is 182 Å². The normalized spacial score (nSPS) is 24.2. The number of nitrogens with one attached hydrogen (secondary N) is 1. The molecule has 12 unspecified atom stereocenters. The summed E-state index contributed by atoms with van der Waals surface area (Å²) in [5.74, 6) is -0.287. The maximum Gasteiger partial charge on any atom is 0.220 e. The lowest BCUT2D eigenvalue weighted by molar-refractivity contribution is -0.359. The number of unbranched alkanes of at least 4 members (excludes halogenated alkanes) is 10. The SMILES string of the molecule is CC/C=C\C/C=C\C/C=C\C/C=C\C/C=C\C/C=C\C/C=C\C/C=C\C/C=C\C/C=C\C/C=C\C/C=C\CCCCCCC(=O)NC(COC1OC(CO)C(OC2OC(CO)C(O)C(O)C2O)C(O)C1O)C(O)/C=C/CC/C=C/CC/C=C/CCCCCC. The average Bonchev–Trinajstić information content (AvgIpc) is 2.74. The number of allylic oxidation sites excluding steroid dienone is 29. The molecule has 2 heterocycles. The summed E-state index contributed by atoms with van der Waals surface area (Å²) < 4.78 is 22.7. The first kappa shape index (κ1) is 80.2. The first-order valence-corrected chi connectivity index (χ1v) is 33.5. The number of carbonyl (C=O) groups excluding carboxylic acids is 1. The van der Waals surface area contributed by atoms with E-state index in [1.165, 1.54) is 25.7 Å². The van der Waals surface area contributed by atoms with Crippen LogP contribution in [-0.2, 0) is 23.7 Å². The molecule has 9 N–H and O–H groups in total. The van der Waals surface area contributed by atoms with Gasteiger partial charge in [0.05, 0.1) is 32.0 Å². The molecule has 1 amide bonds. The van der Waals surface area contributed by atoms with E-state index in [1.54, 1.807) is 6.08 Å². The second-order valence-electron chi connectivity index (χ2n) is 22.5. The van der Waals surface area contributed by atoms with Crippen LogP contribution in [0.1, 0.15) is 187 Å². The van der Waals surface area contributed by atoms with Crippen LogP contribution in [0.2, 0.25) is 0 Å². The second-order valence-corrected chi connectivity index (χ2v) is 22.5. The third kappa shape index (κ3) is 41.2. The Morgan fingerprint density at radius 1 is 0.416 bits per heavy atom. The lowest BCUT2D eigenvalue weighted by Gasteiger charge is -2.46. The highest BCUT2D eigenvalue weighted by Gasteiger charge is 2.51. The highest BCUT2D eigenvalue weighted by molar-refractivity contribution is 5.76. The molecule has 2 aliphatic rings. The van der Waals surface area contributed by atoms with Gasteiger partial charge in [-0.25, -0.2) is 0 Å². The van der Waals surface area contributed by atoms with Crippen molar-refractivity contribution in [1.29, 1.82) is 0 Å². The Kier molecular flexibility index (Phi) is 51.4. The van der Waals surface area contributed by atoms with Gasteiger partial charge in [-0.3, -0.25) is 4.79 Å². The van der Waals surface area contributed by atoms with E-state index in [-0.39, 0.29) is 18.9 Å². The van der Waals surface area contributed by atoms with Gasteiger partial charge in [0, 0.05) is 6.42 Å². The van der Waals surface area contributed by atoms with Gasteiger partial charge < -0.3 is 65.1 Å². The molecule has 0 aliphatic carbocycles. The van der Waals surface area contributed by atoms with E-state index in [0.29, 0.717) is 12.8 Å². The maximum atomic E-state index is 13.3. The van der Waals surface area contributed by atoms with Crippen molar-refractivity contribution in [2.45, 2.75) is 261 Å². The van der Waals surface area contributed by atoms with Crippen LogP contribution in [0.3, 0.4) is 0 Å². The Morgan fingerprint density at radius 2 is 0.787 bits per heavy atom. The molecule has 2 saturated heterocycles. The van der Waals surface area contributed by atoms with Crippen molar-refractivity contribution in [2.24, 2.45) is 0 Å². The third-order valence-electron chi connectivity index (χ3n) is 14.8. The number of aliphatic hydroxyl groups excluding tert-OH is 8. The molecule has 89 heavy (non-hydrogen) atoms. The fourth-order valence-electron chi connectivity index (χ4n) is 9.48. The van der Waals surface area contributed by atoms with Crippen LogP contribution in [0, 0.1) is 0 Å². The van der Waals surface area contributed by atoms with Crippen molar-refractivity contribution < 1.29 is 64.6 Å². The van der Waals surface area contributed by atoms with E-state index in [0.717, 1.165) is 128 Å². The Bertz CT molecular complexity index is 2200. The Balaban J connectivity index is 1.67. The summed E-state index contributed by atoms with van der Waals surface area (Å²) in [6.07, 6.45) is 73.8. The summed E-state index contributed by atoms with van der Waals surface area (Å²) in [6.45, 7) is 2.58. The molecule has 14 heteroatoms. The van der Waals surface area contributed by atoms with Crippen molar-refractivity contribution in [2.75, 3.05) is 19.8 Å². The maximum absolute atomic E-state index is 13.3. The van der Waals surface area contributed by atoms with Gasteiger partial charge in [-0.05, 0) is 135 Å². The third-order valence-corrected chi connectivity index (χ3v) is 14.8. The number of ether oxygens (including phenoxy) is 4. The van der Waals surface area contributed by atoms with Gasteiger partial charge in [0.1, 0.15) is 48.8 Å². The van der Waals surface area contributed by atoms with Crippen LogP contribution in [0.15, 0.2) is 182 Å². The number of hydrogen-bond donors (Lipinski definition) is 9. The van der Waals surface area contributed by atoms with E-state index in [2.05, 4.69) is 189 Å². The topological polar surface area (TPSA) is 228 Å². The molecule has 2 aliphatic heterocycles. The van der Waals surface area contributed by atoms with Gasteiger partial charge >= 0.3 is 0 Å². The fourth-order valence-corrected chi connectivity index (χ4v) is 9.48. The van der Waals surface area contributed by atoms with Crippen LogP contribution in [0.5, 0.6) is 0 Å². The lowest BCUT2D eigenvalue weighted by Crippen LogP contribution is -2.65. The standard InChI is InChI=1S/C75H117NO13/c1-3-5-7-9-11-13-15-17-19-20-21-22-23-24-25-26-27-28-29-30-31-32-33-34-35-36-37-38-39-40-41-42-43-44-45-47-49-51-53-55-57-59-67(80)76-63(64(79)58-56-54-52-50-48-46-18-16-14-12-10-8-6-4-2)62-86-74-72(85)70(83)73(66(61-78)88-74)89-75-71(84)69(82)68(81)65(60-77)87-75/h5,7,11,13-14,16-17,19,21-22,24-25,27-28,30-31,33-34,36-37,39-40,42-43,45,47-48,50,56,58,63-66,68-75,77-79,81-85H,3-4,6,8-10,12,15,18,20,23,26,29,32,35,38,41,44,46,49,51-55,57,59-62H2,1-2H3,(H,76,80)/b7-5-,13-11-,16-14+,19-17-,22-21-,25-24-,28-27-,31-30-,34-33-,37-36-,40-39-,43-42-,47-45-,50-48+,58-56+. The van der Waals surface area contributed by atoms with Gasteiger partial charge in [0.15, 0.2) is 12.6 Å². The molecule has 0 aromatic heterocycles. The highest BCUT2D eigenvalue weighted by atomic mass is 16.7. The Labute approximate surface area is 536 Å². The summed E-state index contributed by atoms with van der Waals surface area (Å²) in [5, 5.41) is 87.1. The minimum atomic E-state index is -1.80. The number of hydrogen-bond acceptors (Lipinski definition) is 13. The van der Waals surface area contributed by atoms with Crippen LogP contribution < -0.4 is 5.32 Å². The number of carbonyl (C=O) groups is 1. The van der Waals surface area contributed by atoms with Crippen LogP contribution in [0.4, 0.5) is 0 Å².